The molecule has 0 amide bonds. The van der Waals surface area contributed by atoms with Crippen molar-refractivity contribution in [2.24, 2.45) is 0 Å². The molecule has 0 N–H and O–H groups in total. The molecule has 1 aliphatic rings. The number of nitro groups is 1. The summed E-state index contributed by atoms with van der Waals surface area (Å²) in [6, 6.07) is 1.78. The van der Waals surface area contributed by atoms with Gasteiger partial charge in [0, 0.05) is 12.1 Å². The third kappa shape index (κ3) is 2.00. The van der Waals surface area contributed by atoms with E-state index in [1.165, 1.54) is 0 Å². The van der Waals surface area contributed by atoms with Crippen LogP contribution in [0.2, 0.25) is 0 Å². The van der Waals surface area contributed by atoms with Gasteiger partial charge in [0.25, 0.3) is 0 Å². The van der Waals surface area contributed by atoms with E-state index in [1.54, 1.807) is 0 Å². The number of ether oxygens (including phenoxy) is 1. The number of hydrogen-bond acceptors (Lipinski definition) is 4. The van der Waals surface area contributed by atoms with Crippen LogP contribution in [0.25, 0.3) is 0 Å². The lowest BCUT2D eigenvalue weighted by Crippen LogP contribution is -2.02. The average Bonchev–Trinajstić information content (AvgIpc) is 3.01. The lowest BCUT2D eigenvalue weighted by molar-refractivity contribution is -0.386. The summed E-state index contributed by atoms with van der Waals surface area (Å²) in [6.07, 6.45) is 1.80. The molecule has 1 aromatic carbocycles. The molecule has 0 heterocycles. The van der Waals surface area contributed by atoms with Gasteiger partial charge in [0.1, 0.15) is 5.82 Å². The average molecular weight is 225 g/mol. The van der Waals surface area contributed by atoms with E-state index in [-0.39, 0.29) is 29.4 Å². The number of carbonyl (C=O) groups is 1. The van der Waals surface area contributed by atoms with Crippen LogP contribution >= 0.6 is 0 Å². The summed E-state index contributed by atoms with van der Waals surface area (Å²) in [6.45, 7) is 0. The van der Waals surface area contributed by atoms with Crippen molar-refractivity contribution >= 4 is 12.0 Å². The van der Waals surface area contributed by atoms with Gasteiger partial charge in [-0.25, -0.2) is 4.39 Å². The van der Waals surface area contributed by atoms with E-state index >= 15 is 0 Å². The molecule has 1 saturated carbocycles. The second-order valence-electron chi connectivity index (χ2n) is 3.53. The number of nitrogens with zero attached hydrogens (tertiary/aromatic N) is 1. The molecule has 0 unspecified atom stereocenters. The standard InChI is InChI=1S/C10H8FNO4/c11-8-4-10(16-7-1-2-7)9(12(14)15)3-6(8)5-13/h3-5,7H,1-2H2. The lowest BCUT2D eigenvalue weighted by Gasteiger charge is -2.06. The molecule has 0 aliphatic heterocycles. The van der Waals surface area contributed by atoms with E-state index in [1.807, 2.05) is 0 Å². The van der Waals surface area contributed by atoms with Gasteiger partial charge in [0.15, 0.2) is 12.0 Å². The quantitative estimate of drug-likeness (QED) is 0.447. The molecular weight excluding hydrogens is 217 g/mol. The van der Waals surface area contributed by atoms with Gasteiger partial charge in [0.2, 0.25) is 0 Å². The van der Waals surface area contributed by atoms with Crippen LogP contribution in [-0.4, -0.2) is 17.3 Å². The highest BCUT2D eigenvalue weighted by Crippen LogP contribution is 2.34. The molecule has 0 atom stereocenters. The Labute approximate surface area is 90.0 Å². The zero-order valence-electron chi connectivity index (χ0n) is 8.18. The van der Waals surface area contributed by atoms with Crippen LogP contribution in [0.15, 0.2) is 12.1 Å². The molecule has 6 heteroatoms. The van der Waals surface area contributed by atoms with Crippen molar-refractivity contribution in [3.8, 4) is 5.75 Å². The van der Waals surface area contributed by atoms with E-state index in [0.717, 1.165) is 25.0 Å². The van der Waals surface area contributed by atoms with Gasteiger partial charge < -0.3 is 4.74 Å². The van der Waals surface area contributed by atoms with Gasteiger partial charge in [-0.2, -0.15) is 0 Å². The molecule has 1 fully saturated rings. The maximum absolute atomic E-state index is 13.2. The number of rotatable bonds is 4. The van der Waals surface area contributed by atoms with Crippen molar-refractivity contribution in [2.45, 2.75) is 18.9 Å². The van der Waals surface area contributed by atoms with Crippen LogP contribution in [0.3, 0.4) is 0 Å². The molecule has 84 valence electrons. The smallest absolute Gasteiger partial charge is 0.311 e. The summed E-state index contributed by atoms with van der Waals surface area (Å²) < 4.78 is 18.4. The highest BCUT2D eigenvalue weighted by Gasteiger charge is 2.28. The van der Waals surface area contributed by atoms with Gasteiger partial charge in [-0.1, -0.05) is 0 Å². The van der Waals surface area contributed by atoms with E-state index < -0.39 is 10.7 Å². The molecule has 5 nitrogen and oxygen atoms in total. The first-order valence-corrected chi connectivity index (χ1v) is 4.71. The molecule has 0 saturated heterocycles. The second-order valence-corrected chi connectivity index (χ2v) is 3.53. The number of aldehydes is 1. The van der Waals surface area contributed by atoms with Gasteiger partial charge in [0.05, 0.1) is 16.6 Å². The summed E-state index contributed by atoms with van der Waals surface area (Å²) in [7, 11) is 0. The summed E-state index contributed by atoms with van der Waals surface area (Å²) in [5.74, 6) is -0.924. The molecule has 0 aromatic heterocycles. The van der Waals surface area contributed by atoms with E-state index in [0.29, 0.717) is 0 Å². The molecule has 16 heavy (non-hydrogen) atoms. The molecule has 1 aromatic rings. The molecular formula is C10H8FNO4. The Morgan fingerprint density at radius 2 is 2.19 bits per heavy atom. The van der Waals surface area contributed by atoms with E-state index in [4.69, 9.17) is 4.74 Å². The van der Waals surface area contributed by atoms with Crippen LogP contribution in [-0.2, 0) is 0 Å². The van der Waals surface area contributed by atoms with Crippen LogP contribution < -0.4 is 4.74 Å². The number of carbonyl (C=O) groups excluding carboxylic acids is 1. The largest absolute Gasteiger partial charge is 0.483 e. The Balaban J connectivity index is 2.43. The molecule has 0 bridgehead atoms. The SMILES string of the molecule is O=Cc1cc([N+](=O)[O-])c(OC2CC2)cc1F. The summed E-state index contributed by atoms with van der Waals surface area (Å²) in [5, 5.41) is 10.7. The van der Waals surface area contributed by atoms with E-state index in [2.05, 4.69) is 0 Å². The third-order valence-corrected chi connectivity index (χ3v) is 2.22. The predicted octanol–water partition coefficient (Wildman–Crippen LogP) is 2.09. The number of halogens is 1. The third-order valence-electron chi connectivity index (χ3n) is 2.22. The Kier molecular flexibility index (Phi) is 2.55. The minimum Gasteiger partial charge on any atom is -0.483 e. The van der Waals surface area contributed by atoms with Crippen molar-refractivity contribution in [3.05, 3.63) is 33.6 Å². The number of hydrogen-bond donors (Lipinski definition) is 0. The Hall–Kier alpha value is -1.98. The topological polar surface area (TPSA) is 69.4 Å². The van der Waals surface area contributed by atoms with Crippen LogP contribution in [0.1, 0.15) is 23.2 Å². The fourth-order valence-corrected chi connectivity index (χ4v) is 1.25. The minimum absolute atomic E-state index is 0.0693. The molecule has 1 aliphatic carbocycles. The summed E-state index contributed by atoms with van der Waals surface area (Å²) in [5.41, 5.74) is -0.717. The van der Waals surface area contributed by atoms with E-state index in [9.17, 15) is 19.3 Å². The van der Waals surface area contributed by atoms with Crippen LogP contribution in [0.5, 0.6) is 5.75 Å². The predicted molar refractivity (Wildman–Crippen MR) is 52.1 cm³/mol. The highest BCUT2D eigenvalue weighted by atomic mass is 19.1. The van der Waals surface area contributed by atoms with Crippen molar-refractivity contribution in [1.82, 2.24) is 0 Å². The van der Waals surface area contributed by atoms with Gasteiger partial charge in [-0.15, -0.1) is 0 Å². The Bertz CT molecular complexity index is 456. The van der Waals surface area contributed by atoms with Crippen molar-refractivity contribution in [1.29, 1.82) is 0 Å². The number of benzene rings is 1. The van der Waals surface area contributed by atoms with Crippen LogP contribution in [0.4, 0.5) is 10.1 Å². The highest BCUT2D eigenvalue weighted by molar-refractivity contribution is 5.77. The Morgan fingerprint density at radius 3 is 2.69 bits per heavy atom. The van der Waals surface area contributed by atoms with Crippen molar-refractivity contribution < 1.29 is 18.8 Å². The zero-order valence-corrected chi connectivity index (χ0v) is 8.18. The van der Waals surface area contributed by atoms with Crippen molar-refractivity contribution in [2.75, 3.05) is 0 Å². The molecule has 2 rings (SSSR count). The zero-order chi connectivity index (χ0) is 11.7. The second kappa shape index (κ2) is 3.88. The first-order valence-electron chi connectivity index (χ1n) is 4.71. The van der Waals surface area contributed by atoms with Crippen LogP contribution in [0, 0.1) is 15.9 Å². The monoisotopic (exact) mass is 225 g/mol. The summed E-state index contributed by atoms with van der Waals surface area (Å²) >= 11 is 0. The molecule has 0 radical (unpaired) electrons. The van der Waals surface area contributed by atoms with Gasteiger partial charge >= 0.3 is 5.69 Å². The van der Waals surface area contributed by atoms with Crippen molar-refractivity contribution in [3.63, 3.8) is 0 Å². The minimum atomic E-state index is -0.809. The fourth-order valence-electron chi connectivity index (χ4n) is 1.25. The first-order chi connectivity index (χ1) is 7.61. The maximum Gasteiger partial charge on any atom is 0.311 e. The van der Waals surface area contributed by atoms with Gasteiger partial charge in [-0.3, -0.25) is 14.9 Å². The first kappa shape index (κ1) is 10.5. The lowest BCUT2D eigenvalue weighted by atomic mass is 10.2. The fraction of sp³-hybridized carbons (Fsp3) is 0.300. The summed E-state index contributed by atoms with van der Waals surface area (Å²) in [4.78, 5) is 20.4. The van der Waals surface area contributed by atoms with Gasteiger partial charge in [-0.05, 0) is 12.8 Å². The molecule has 0 spiro atoms. The maximum atomic E-state index is 13.2. The number of nitro benzene ring substituents is 1. The normalized spacial score (nSPS) is 14.6. The Morgan fingerprint density at radius 1 is 1.50 bits per heavy atom.